The molecule has 2 heterocycles. The second-order valence-electron chi connectivity index (χ2n) is 4.76. The van der Waals surface area contributed by atoms with Crippen molar-refractivity contribution in [1.29, 1.82) is 0 Å². The van der Waals surface area contributed by atoms with Gasteiger partial charge in [-0.2, -0.15) is 8.75 Å². The van der Waals surface area contributed by atoms with Gasteiger partial charge in [0.2, 0.25) is 0 Å². The van der Waals surface area contributed by atoms with E-state index in [1.165, 1.54) is 11.7 Å². The quantitative estimate of drug-likeness (QED) is 0.548. The SMILES string of the molecule is c1ccc(-c2cc(-c3ccc4nsnc4c3)ccn2)cc1. The van der Waals surface area contributed by atoms with E-state index in [-0.39, 0.29) is 0 Å². The van der Waals surface area contributed by atoms with Gasteiger partial charge in [-0.1, -0.05) is 36.4 Å². The highest BCUT2D eigenvalue weighted by Gasteiger charge is 2.05. The number of benzene rings is 2. The molecule has 2 aromatic carbocycles. The van der Waals surface area contributed by atoms with Crippen LogP contribution in [0.4, 0.5) is 0 Å². The fraction of sp³-hybridized carbons (Fsp3) is 0. The molecule has 0 bridgehead atoms. The minimum atomic E-state index is 0.940. The standard InChI is InChI=1S/C17H11N3S/c1-2-4-12(5-3-1)16-10-14(8-9-18-16)13-6-7-15-17(11-13)20-21-19-15/h1-11H. The number of rotatable bonds is 2. The fourth-order valence-electron chi connectivity index (χ4n) is 2.34. The van der Waals surface area contributed by atoms with Gasteiger partial charge in [-0.15, -0.1) is 0 Å². The molecule has 0 N–H and O–H groups in total. The van der Waals surface area contributed by atoms with Gasteiger partial charge in [-0.05, 0) is 35.4 Å². The van der Waals surface area contributed by atoms with Gasteiger partial charge in [-0.25, -0.2) is 0 Å². The monoisotopic (exact) mass is 289 g/mol. The van der Waals surface area contributed by atoms with E-state index in [1.807, 2.05) is 36.5 Å². The normalized spacial score (nSPS) is 10.9. The molecule has 0 radical (unpaired) electrons. The minimum Gasteiger partial charge on any atom is -0.256 e. The second-order valence-corrected chi connectivity index (χ2v) is 5.29. The van der Waals surface area contributed by atoms with Gasteiger partial charge in [0.25, 0.3) is 0 Å². The molecule has 0 saturated carbocycles. The second kappa shape index (κ2) is 5.07. The number of nitrogens with zero attached hydrogens (tertiary/aromatic N) is 3. The Labute approximate surface area is 126 Å². The Morgan fingerprint density at radius 1 is 0.667 bits per heavy atom. The van der Waals surface area contributed by atoms with Crippen LogP contribution in [0.3, 0.4) is 0 Å². The lowest BCUT2D eigenvalue weighted by molar-refractivity contribution is 1.33. The zero-order valence-corrected chi connectivity index (χ0v) is 11.9. The highest BCUT2D eigenvalue weighted by atomic mass is 32.1. The molecule has 0 fully saturated rings. The molecular weight excluding hydrogens is 278 g/mol. The zero-order chi connectivity index (χ0) is 14.1. The third-order valence-electron chi connectivity index (χ3n) is 3.42. The van der Waals surface area contributed by atoms with Crippen molar-refractivity contribution in [3.63, 3.8) is 0 Å². The average Bonchev–Trinajstić information content (AvgIpc) is 3.03. The molecule has 2 aromatic heterocycles. The summed E-state index contributed by atoms with van der Waals surface area (Å²) >= 11 is 1.24. The highest BCUT2D eigenvalue weighted by molar-refractivity contribution is 7.00. The van der Waals surface area contributed by atoms with Gasteiger partial charge in [-0.3, -0.25) is 4.98 Å². The first kappa shape index (κ1) is 12.2. The third kappa shape index (κ3) is 2.30. The molecule has 3 nitrogen and oxygen atoms in total. The maximum absolute atomic E-state index is 4.46. The molecule has 0 unspecified atom stereocenters. The van der Waals surface area contributed by atoms with Crippen LogP contribution < -0.4 is 0 Å². The van der Waals surface area contributed by atoms with Gasteiger partial charge < -0.3 is 0 Å². The first-order valence-corrected chi connectivity index (χ1v) is 7.37. The van der Waals surface area contributed by atoms with E-state index in [0.717, 1.165) is 33.4 Å². The maximum Gasteiger partial charge on any atom is 0.105 e. The Bertz CT molecular complexity index is 900. The lowest BCUT2D eigenvalue weighted by Gasteiger charge is -2.05. The van der Waals surface area contributed by atoms with Crippen molar-refractivity contribution in [3.05, 3.63) is 66.9 Å². The van der Waals surface area contributed by atoms with Crippen LogP contribution in [-0.2, 0) is 0 Å². The Morgan fingerprint density at radius 3 is 2.38 bits per heavy atom. The minimum absolute atomic E-state index is 0.940. The van der Waals surface area contributed by atoms with Gasteiger partial charge in [0.15, 0.2) is 0 Å². The topological polar surface area (TPSA) is 38.7 Å². The van der Waals surface area contributed by atoms with Crippen LogP contribution in [-0.4, -0.2) is 13.7 Å². The van der Waals surface area contributed by atoms with Crippen molar-refractivity contribution in [1.82, 2.24) is 13.7 Å². The molecular formula is C17H11N3S. The first-order valence-electron chi connectivity index (χ1n) is 6.64. The van der Waals surface area contributed by atoms with Crippen molar-refractivity contribution in [2.75, 3.05) is 0 Å². The maximum atomic E-state index is 4.46. The largest absolute Gasteiger partial charge is 0.256 e. The fourth-order valence-corrected chi connectivity index (χ4v) is 2.86. The smallest absolute Gasteiger partial charge is 0.105 e. The summed E-state index contributed by atoms with van der Waals surface area (Å²) in [5, 5.41) is 0. The molecule has 4 aromatic rings. The van der Waals surface area contributed by atoms with E-state index in [2.05, 4.69) is 44.1 Å². The summed E-state index contributed by atoms with van der Waals surface area (Å²) in [4.78, 5) is 4.46. The summed E-state index contributed by atoms with van der Waals surface area (Å²) in [6, 6.07) is 20.5. The van der Waals surface area contributed by atoms with Gasteiger partial charge >= 0.3 is 0 Å². The number of fused-ring (bicyclic) bond motifs is 1. The zero-order valence-electron chi connectivity index (χ0n) is 11.1. The Hall–Kier alpha value is -2.59. The predicted molar refractivity (Wildman–Crippen MR) is 86.1 cm³/mol. The summed E-state index contributed by atoms with van der Waals surface area (Å²) in [5.74, 6) is 0. The number of hydrogen-bond donors (Lipinski definition) is 0. The summed E-state index contributed by atoms with van der Waals surface area (Å²) in [6.45, 7) is 0. The molecule has 4 rings (SSSR count). The molecule has 0 spiro atoms. The van der Waals surface area contributed by atoms with Crippen molar-refractivity contribution in [2.45, 2.75) is 0 Å². The summed E-state index contributed by atoms with van der Waals surface area (Å²) in [6.07, 6.45) is 1.85. The molecule has 0 saturated heterocycles. The molecule has 0 atom stereocenters. The molecule has 4 heteroatoms. The van der Waals surface area contributed by atoms with Crippen molar-refractivity contribution >= 4 is 22.8 Å². The van der Waals surface area contributed by atoms with Crippen molar-refractivity contribution in [2.24, 2.45) is 0 Å². The van der Waals surface area contributed by atoms with Crippen molar-refractivity contribution in [3.8, 4) is 22.4 Å². The number of pyridine rings is 1. The van der Waals surface area contributed by atoms with Crippen LogP contribution in [0.25, 0.3) is 33.4 Å². The van der Waals surface area contributed by atoms with E-state index >= 15 is 0 Å². The van der Waals surface area contributed by atoms with E-state index in [9.17, 15) is 0 Å². The van der Waals surface area contributed by atoms with Gasteiger partial charge in [0.1, 0.15) is 11.0 Å². The molecule has 0 aliphatic heterocycles. The molecule has 0 aliphatic rings. The van der Waals surface area contributed by atoms with Gasteiger partial charge in [0, 0.05) is 11.8 Å². The van der Waals surface area contributed by atoms with E-state index in [1.54, 1.807) is 0 Å². The molecule has 100 valence electrons. The van der Waals surface area contributed by atoms with E-state index in [0.29, 0.717) is 0 Å². The summed E-state index contributed by atoms with van der Waals surface area (Å²) in [5.41, 5.74) is 6.26. The summed E-state index contributed by atoms with van der Waals surface area (Å²) < 4.78 is 8.54. The molecule has 0 amide bonds. The lowest BCUT2D eigenvalue weighted by Crippen LogP contribution is -1.85. The average molecular weight is 289 g/mol. The number of hydrogen-bond acceptors (Lipinski definition) is 4. The van der Waals surface area contributed by atoms with Crippen LogP contribution >= 0.6 is 11.7 Å². The van der Waals surface area contributed by atoms with Gasteiger partial charge in [0.05, 0.1) is 17.4 Å². The summed E-state index contributed by atoms with van der Waals surface area (Å²) in [7, 11) is 0. The third-order valence-corrected chi connectivity index (χ3v) is 3.97. The van der Waals surface area contributed by atoms with Crippen LogP contribution in [0.5, 0.6) is 0 Å². The Kier molecular flexibility index (Phi) is 2.94. The molecule has 21 heavy (non-hydrogen) atoms. The Balaban J connectivity index is 1.81. The van der Waals surface area contributed by atoms with Crippen LogP contribution in [0, 0.1) is 0 Å². The van der Waals surface area contributed by atoms with E-state index < -0.39 is 0 Å². The lowest BCUT2D eigenvalue weighted by atomic mass is 10.0. The van der Waals surface area contributed by atoms with Crippen molar-refractivity contribution < 1.29 is 0 Å². The Morgan fingerprint density at radius 2 is 1.48 bits per heavy atom. The molecule has 0 aliphatic carbocycles. The van der Waals surface area contributed by atoms with Crippen LogP contribution in [0.1, 0.15) is 0 Å². The van der Waals surface area contributed by atoms with E-state index in [4.69, 9.17) is 0 Å². The number of aromatic nitrogens is 3. The first-order chi connectivity index (χ1) is 10.4. The van der Waals surface area contributed by atoms with Crippen LogP contribution in [0.2, 0.25) is 0 Å². The predicted octanol–water partition coefficient (Wildman–Crippen LogP) is 4.42. The van der Waals surface area contributed by atoms with Crippen LogP contribution in [0.15, 0.2) is 66.9 Å². The highest BCUT2D eigenvalue weighted by Crippen LogP contribution is 2.26.